The number of aromatic nitrogens is 3. The highest BCUT2D eigenvalue weighted by molar-refractivity contribution is 8.00. The predicted octanol–water partition coefficient (Wildman–Crippen LogP) is 6.94. The number of hydrogen-bond acceptors (Lipinski definition) is 7. The quantitative estimate of drug-likeness (QED) is 0.243. The molecule has 2 fully saturated rings. The molecule has 5 heterocycles. The molecule has 43 heavy (non-hydrogen) atoms. The summed E-state index contributed by atoms with van der Waals surface area (Å²) in [6.07, 6.45) is 11.9. The van der Waals surface area contributed by atoms with Crippen LogP contribution in [0.3, 0.4) is 0 Å². The third-order valence-electron chi connectivity index (χ3n) is 7.53. The summed E-state index contributed by atoms with van der Waals surface area (Å²) in [6.45, 7) is 7.50. The minimum absolute atomic E-state index is 0.170. The minimum atomic E-state index is -2.69. The van der Waals surface area contributed by atoms with Crippen LogP contribution in [0.15, 0.2) is 45.7 Å². The number of H-pyrrole nitrogens is 1. The number of rotatable bonds is 3. The van der Waals surface area contributed by atoms with E-state index in [4.69, 9.17) is 15.9 Å². The van der Waals surface area contributed by atoms with Crippen molar-refractivity contribution < 1.29 is 22.7 Å². The first-order valence-electron chi connectivity index (χ1n) is 13.8. The Bertz CT molecular complexity index is 1730. The smallest absolute Gasteiger partial charge is 0.297 e. The first-order valence-corrected chi connectivity index (χ1v) is 14.8. The molecule has 2 atom stereocenters. The number of para-hydroxylation sites is 1. The lowest BCUT2D eigenvalue weighted by molar-refractivity contribution is 0.0709. The van der Waals surface area contributed by atoms with Crippen LogP contribution in [0.4, 0.5) is 19.0 Å². The summed E-state index contributed by atoms with van der Waals surface area (Å²) in [5.41, 5.74) is 0.304. The van der Waals surface area contributed by atoms with E-state index in [9.17, 15) is 13.6 Å². The Morgan fingerprint density at radius 2 is 1.88 bits per heavy atom. The van der Waals surface area contributed by atoms with E-state index in [1.165, 1.54) is 18.4 Å². The van der Waals surface area contributed by atoms with Crippen molar-refractivity contribution in [2.24, 2.45) is 5.92 Å². The topological polar surface area (TPSA) is 95.2 Å². The first-order chi connectivity index (χ1) is 20.4. The molecule has 0 bridgehead atoms. The number of hydrogen-bond donors (Lipinski definition) is 2. The number of furan rings is 1. The second-order valence-corrected chi connectivity index (χ2v) is 12.8. The highest BCUT2D eigenvalue weighted by Crippen LogP contribution is 2.50. The fourth-order valence-corrected chi connectivity index (χ4v) is 6.68. The monoisotopic (exact) mass is 610 g/mol. The molecule has 1 unspecified atom stereocenters. The Morgan fingerprint density at radius 1 is 1.21 bits per heavy atom. The van der Waals surface area contributed by atoms with E-state index in [-0.39, 0.29) is 21.8 Å². The van der Waals surface area contributed by atoms with Crippen molar-refractivity contribution in [1.29, 1.82) is 0 Å². The Morgan fingerprint density at radius 3 is 2.53 bits per heavy atom. The molecule has 2 saturated heterocycles. The van der Waals surface area contributed by atoms with Gasteiger partial charge in [-0.2, -0.15) is 11.8 Å². The van der Waals surface area contributed by atoms with Crippen LogP contribution in [0, 0.1) is 30.8 Å². The van der Waals surface area contributed by atoms with Gasteiger partial charge in [0.25, 0.3) is 12.0 Å². The molecule has 0 radical (unpaired) electrons. The standard InChI is InChI=1S/C15H13F2N3O.C15H18FNOS.C2H2O/c16-13(17)14-18-11-9-5-1-2-6-10(9)21-12(11)15(19-14)20-7-3-4-8-20;1-5-11-6-12(13(18)17-7-11)15(16)9-14(3,4)19-8-10(15)2;1-2-3/h1-2,5-6,13H,3-4,7-8H2;1,6-7,10H,8-9H2,2-4H3,(H,17,18);1,3H/t;10?,15-;/m.1./s1. The van der Waals surface area contributed by atoms with Gasteiger partial charge in [0.1, 0.15) is 22.9 Å². The Balaban J connectivity index is 0.000000182. The first kappa shape index (κ1) is 31.8. The van der Waals surface area contributed by atoms with Gasteiger partial charge in [0, 0.05) is 47.3 Å². The molecular weight excluding hydrogens is 577 g/mol. The van der Waals surface area contributed by atoms with Crippen LogP contribution in [-0.2, 0) is 5.67 Å². The molecule has 2 aliphatic heterocycles. The van der Waals surface area contributed by atoms with Crippen molar-refractivity contribution in [3.8, 4) is 24.9 Å². The normalized spacial score (nSPS) is 21.0. The van der Waals surface area contributed by atoms with E-state index in [0.717, 1.165) is 31.3 Å². The molecule has 6 rings (SSSR count). The highest BCUT2D eigenvalue weighted by Gasteiger charge is 2.48. The largest absolute Gasteiger partial charge is 0.462 e. The van der Waals surface area contributed by atoms with Gasteiger partial charge in [-0.3, -0.25) is 4.79 Å². The van der Waals surface area contributed by atoms with Crippen LogP contribution in [0.2, 0.25) is 0 Å². The fourth-order valence-electron chi connectivity index (χ4n) is 5.40. The minimum Gasteiger partial charge on any atom is -0.462 e. The predicted molar refractivity (Wildman–Crippen MR) is 165 cm³/mol. The number of aliphatic hydroxyl groups is 1. The maximum atomic E-state index is 15.5. The fraction of sp³-hybridized carbons (Fsp3) is 0.406. The van der Waals surface area contributed by atoms with Crippen LogP contribution in [-0.4, -0.2) is 43.6 Å². The average molecular weight is 611 g/mol. The maximum absolute atomic E-state index is 15.5. The summed E-state index contributed by atoms with van der Waals surface area (Å²) >= 11 is 1.75. The van der Waals surface area contributed by atoms with E-state index in [1.54, 1.807) is 11.8 Å². The molecule has 0 spiro atoms. The van der Waals surface area contributed by atoms with Gasteiger partial charge in [0.15, 0.2) is 17.2 Å². The van der Waals surface area contributed by atoms with E-state index in [1.807, 2.05) is 49.9 Å². The highest BCUT2D eigenvalue weighted by atomic mass is 32.2. The number of benzene rings is 1. The third kappa shape index (κ3) is 6.78. The van der Waals surface area contributed by atoms with Crippen molar-refractivity contribution in [2.45, 2.75) is 56.9 Å². The second kappa shape index (κ2) is 13.0. The van der Waals surface area contributed by atoms with Crippen LogP contribution in [0.1, 0.15) is 63.4 Å². The average Bonchev–Trinajstić information content (AvgIpc) is 3.64. The molecule has 226 valence electrons. The number of aliphatic hydroxyl groups excluding tert-OH is 1. The molecule has 7 nitrogen and oxygen atoms in total. The second-order valence-electron chi connectivity index (χ2n) is 11.1. The lowest BCUT2D eigenvalue weighted by atomic mass is 9.78. The number of pyridine rings is 1. The number of fused-ring (bicyclic) bond motifs is 3. The van der Waals surface area contributed by atoms with Crippen LogP contribution < -0.4 is 10.5 Å². The number of alkyl halides is 3. The molecule has 0 saturated carbocycles. The van der Waals surface area contributed by atoms with E-state index in [0.29, 0.717) is 40.2 Å². The Labute approximate surface area is 252 Å². The van der Waals surface area contributed by atoms with Crippen LogP contribution in [0.5, 0.6) is 0 Å². The van der Waals surface area contributed by atoms with Crippen molar-refractivity contribution >= 4 is 39.6 Å². The summed E-state index contributed by atoms with van der Waals surface area (Å²) in [7, 11) is 0. The number of thioether (sulfide) groups is 1. The molecule has 0 amide bonds. The zero-order valence-corrected chi connectivity index (χ0v) is 25.0. The lowest BCUT2D eigenvalue weighted by Crippen LogP contribution is -2.45. The Kier molecular flexibility index (Phi) is 9.66. The zero-order chi connectivity index (χ0) is 31.4. The molecule has 4 aromatic rings. The summed E-state index contributed by atoms with van der Waals surface area (Å²) in [6, 6.07) is 8.85. The molecule has 2 aliphatic rings. The molecule has 2 N–H and O–H groups in total. The van der Waals surface area contributed by atoms with Crippen molar-refractivity contribution in [3.63, 3.8) is 0 Å². The molecule has 3 aromatic heterocycles. The zero-order valence-electron chi connectivity index (χ0n) is 24.2. The summed E-state index contributed by atoms with van der Waals surface area (Å²) in [4.78, 5) is 24.6. The number of nitrogens with zero attached hydrogens (tertiary/aromatic N) is 3. The van der Waals surface area contributed by atoms with Crippen molar-refractivity contribution in [3.05, 3.63) is 63.8 Å². The molecule has 1 aromatic carbocycles. The van der Waals surface area contributed by atoms with Crippen LogP contribution >= 0.6 is 11.8 Å². The molecular formula is C32H33F3N4O3S. The number of terminal acetylenes is 2. The van der Waals surface area contributed by atoms with Gasteiger partial charge in [-0.25, -0.2) is 23.1 Å². The number of nitrogens with one attached hydrogen (secondary N) is 1. The van der Waals surface area contributed by atoms with Gasteiger partial charge >= 0.3 is 0 Å². The molecule has 11 heteroatoms. The SMILES string of the molecule is C#CO.C#Cc1c[nH]c(=O)c([C@@]2(F)CC(C)(C)SCC2C)c1.FC(F)c1nc(N2CCCC2)c2oc3ccccc3c2n1. The van der Waals surface area contributed by atoms with Crippen LogP contribution in [0.25, 0.3) is 22.1 Å². The van der Waals surface area contributed by atoms with Gasteiger partial charge in [0.2, 0.25) is 0 Å². The van der Waals surface area contributed by atoms with E-state index >= 15 is 4.39 Å². The maximum Gasteiger partial charge on any atom is 0.297 e. The summed E-state index contributed by atoms with van der Waals surface area (Å²) in [5, 5.41) is 7.84. The van der Waals surface area contributed by atoms with Gasteiger partial charge in [-0.1, -0.05) is 45.2 Å². The molecule has 0 aliphatic carbocycles. The Hall–Kier alpha value is -4.09. The van der Waals surface area contributed by atoms with E-state index in [2.05, 4.69) is 27.3 Å². The van der Waals surface area contributed by atoms with Gasteiger partial charge in [-0.05, 0) is 36.8 Å². The van der Waals surface area contributed by atoms with Gasteiger partial charge in [0.05, 0.1) is 5.56 Å². The summed E-state index contributed by atoms with van der Waals surface area (Å²) in [5.74, 6) is 2.99. The number of aromatic amines is 1. The van der Waals surface area contributed by atoms with Crippen molar-refractivity contribution in [2.75, 3.05) is 23.7 Å². The lowest BCUT2D eigenvalue weighted by Gasteiger charge is -2.43. The van der Waals surface area contributed by atoms with Crippen molar-refractivity contribution in [1.82, 2.24) is 15.0 Å². The summed E-state index contributed by atoms with van der Waals surface area (Å²) < 4.78 is 47.3. The van der Waals surface area contributed by atoms with Gasteiger partial charge < -0.3 is 19.4 Å². The third-order valence-corrected chi connectivity index (χ3v) is 9.12. The number of anilines is 1. The van der Waals surface area contributed by atoms with E-state index < -0.39 is 17.9 Å². The van der Waals surface area contributed by atoms with Gasteiger partial charge in [-0.15, -0.1) is 6.42 Å². The number of halogens is 3.